The van der Waals surface area contributed by atoms with Crippen LogP contribution in [0.1, 0.15) is 44.6 Å². The standard InChI is InChI=1S/C16H25IN2O/c1-2-20-16(10-4-3-5-11-16)15(19-18)12-13-6-8-14(17)9-7-13/h6-9,15,19H,2-5,10-12,18H2,1H3. The van der Waals surface area contributed by atoms with E-state index in [2.05, 4.69) is 59.2 Å². The molecular formula is C16H25IN2O. The second-order valence-corrected chi connectivity index (χ2v) is 6.85. The Labute approximate surface area is 135 Å². The van der Waals surface area contributed by atoms with E-state index in [0.29, 0.717) is 0 Å². The molecule has 1 saturated carbocycles. The molecule has 112 valence electrons. The molecule has 3 nitrogen and oxygen atoms in total. The molecule has 1 aliphatic carbocycles. The maximum absolute atomic E-state index is 6.18. The lowest BCUT2D eigenvalue weighted by atomic mass is 9.77. The number of nitrogens with one attached hydrogen (secondary N) is 1. The van der Waals surface area contributed by atoms with E-state index in [9.17, 15) is 0 Å². The van der Waals surface area contributed by atoms with Crippen molar-refractivity contribution >= 4 is 22.6 Å². The summed E-state index contributed by atoms with van der Waals surface area (Å²) in [4.78, 5) is 0. The Hall–Kier alpha value is -0.170. The zero-order chi connectivity index (χ0) is 14.4. The van der Waals surface area contributed by atoms with E-state index in [-0.39, 0.29) is 11.6 Å². The van der Waals surface area contributed by atoms with Gasteiger partial charge in [0.1, 0.15) is 0 Å². The summed E-state index contributed by atoms with van der Waals surface area (Å²) in [7, 11) is 0. The third-order valence-corrected chi connectivity index (χ3v) is 5.04. The van der Waals surface area contributed by atoms with Crippen LogP contribution in [0.15, 0.2) is 24.3 Å². The van der Waals surface area contributed by atoms with Crippen LogP contribution in [0.25, 0.3) is 0 Å². The minimum atomic E-state index is -0.0925. The third kappa shape index (κ3) is 3.93. The summed E-state index contributed by atoms with van der Waals surface area (Å²) in [6.45, 7) is 2.83. The Morgan fingerprint density at radius 3 is 2.45 bits per heavy atom. The highest BCUT2D eigenvalue weighted by atomic mass is 127. The van der Waals surface area contributed by atoms with E-state index in [4.69, 9.17) is 10.6 Å². The zero-order valence-corrected chi connectivity index (χ0v) is 14.4. The van der Waals surface area contributed by atoms with Crippen molar-refractivity contribution in [3.8, 4) is 0 Å². The monoisotopic (exact) mass is 388 g/mol. The summed E-state index contributed by atoms with van der Waals surface area (Å²) in [5.41, 5.74) is 4.26. The number of rotatable bonds is 6. The first kappa shape index (κ1) is 16.2. The minimum Gasteiger partial charge on any atom is -0.374 e. The predicted molar refractivity (Wildman–Crippen MR) is 91.4 cm³/mol. The molecule has 1 aliphatic rings. The molecule has 0 amide bonds. The lowest BCUT2D eigenvalue weighted by Crippen LogP contribution is -2.57. The Bertz CT molecular complexity index is 396. The molecule has 1 unspecified atom stereocenters. The summed E-state index contributed by atoms with van der Waals surface area (Å²) in [5.74, 6) is 5.87. The van der Waals surface area contributed by atoms with Gasteiger partial charge in [-0.05, 0) is 66.5 Å². The van der Waals surface area contributed by atoms with Crippen LogP contribution in [0.5, 0.6) is 0 Å². The van der Waals surface area contributed by atoms with Crippen molar-refractivity contribution < 1.29 is 4.74 Å². The zero-order valence-electron chi connectivity index (χ0n) is 12.2. The number of halogens is 1. The van der Waals surface area contributed by atoms with Crippen LogP contribution >= 0.6 is 22.6 Å². The number of hydrogen-bond acceptors (Lipinski definition) is 3. The molecule has 0 bridgehead atoms. The molecule has 1 atom stereocenters. The molecule has 20 heavy (non-hydrogen) atoms. The Kier molecular flexibility index (Phi) is 6.26. The molecule has 0 radical (unpaired) electrons. The molecule has 0 saturated heterocycles. The highest BCUT2D eigenvalue weighted by Gasteiger charge is 2.40. The van der Waals surface area contributed by atoms with Gasteiger partial charge in [0.2, 0.25) is 0 Å². The molecule has 4 heteroatoms. The molecule has 3 N–H and O–H groups in total. The molecule has 0 heterocycles. The topological polar surface area (TPSA) is 47.3 Å². The first-order valence-electron chi connectivity index (χ1n) is 7.55. The molecule has 1 aromatic carbocycles. The van der Waals surface area contributed by atoms with Crippen molar-refractivity contribution in [3.63, 3.8) is 0 Å². The normalized spacial score (nSPS) is 19.8. The molecular weight excluding hydrogens is 363 g/mol. The van der Waals surface area contributed by atoms with Crippen LogP contribution < -0.4 is 11.3 Å². The summed E-state index contributed by atoms with van der Waals surface area (Å²) in [5, 5.41) is 0. The van der Waals surface area contributed by atoms with Gasteiger partial charge in [0.25, 0.3) is 0 Å². The van der Waals surface area contributed by atoms with Gasteiger partial charge in [-0.15, -0.1) is 0 Å². The van der Waals surface area contributed by atoms with E-state index in [0.717, 1.165) is 25.9 Å². The van der Waals surface area contributed by atoms with Crippen LogP contribution in [0.2, 0.25) is 0 Å². The van der Waals surface area contributed by atoms with E-state index < -0.39 is 0 Å². The number of benzene rings is 1. The highest BCUT2D eigenvalue weighted by molar-refractivity contribution is 14.1. The second-order valence-electron chi connectivity index (χ2n) is 5.61. The molecule has 1 fully saturated rings. The molecule has 0 aromatic heterocycles. The first-order valence-corrected chi connectivity index (χ1v) is 8.62. The van der Waals surface area contributed by atoms with Crippen molar-refractivity contribution in [2.45, 2.75) is 57.1 Å². The maximum atomic E-state index is 6.18. The van der Waals surface area contributed by atoms with Crippen LogP contribution in [-0.4, -0.2) is 18.2 Å². The SMILES string of the molecule is CCOC1(C(Cc2ccc(I)cc2)NN)CCCCC1. The number of hydrogen-bond donors (Lipinski definition) is 2. The van der Waals surface area contributed by atoms with Gasteiger partial charge in [-0.2, -0.15) is 0 Å². The summed E-state index contributed by atoms with van der Waals surface area (Å²) >= 11 is 2.33. The fourth-order valence-corrected chi connectivity index (χ4v) is 3.64. The van der Waals surface area contributed by atoms with E-state index in [1.807, 2.05) is 0 Å². The van der Waals surface area contributed by atoms with Gasteiger partial charge in [0.05, 0.1) is 11.6 Å². The first-order chi connectivity index (χ1) is 9.70. The lowest BCUT2D eigenvalue weighted by molar-refractivity contribution is -0.0898. The molecule has 2 rings (SSSR count). The third-order valence-electron chi connectivity index (χ3n) is 4.32. The highest BCUT2D eigenvalue weighted by Crippen LogP contribution is 2.35. The fraction of sp³-hybridized carbons (Fsp3) is 0.625. The van der Waals surface area contributed by atoms with Crippen LogP contribution in [0.3, 0.4) is 0 Å². The second kappa shape index (κ2) is 7.73. The van der Waals surface area contributed by atoms with Gasteiger partial charge in [0.15, 0.2) is 0 Å². The van der Waals surface area contributed by atoms with Crippen molar-refractivity contribution in [1.82, 2.24) is 5.43 Å². The van der Waals surface area contributed by atoms with Crippen molar-refractivity contribution in [3.05, 3.63) is 33.4 Å². The van der Waals surface area contributed by atoms with Gasteiger partial charge in [-0.25, -0.2) is 0 Å². The van der Waals surface area contributed by atoms with Gasteiger partial charge in [0, 0.05) is 10.2 Å². The smallest absolute Gasteiger partial charge is 0.0851 e. The fourth-order valence-electron chi connectivity index (χ4n) is 3.28. The maximum Gasteiger partial charge on any atom is 0.0851 e. The van der Waals surface area contributed by atoms with Gasteiger partial charge in [-0.1, -0.05) is 31.4 Å². The van der Waals surface area contributed by atoms with Gasteiger partial charge in [-0.3, -0.25) is 11.3 Å². The minimum absolute atomic E-state index is 0.0925. The van der Waals surface area contributed by atoms with E-state index >= 15 is 0 Å². The summed E-state index contributed by atoms with van der Waals surface area (Å²) < 4.78 is 7.44. The van der Waals surface area contributed by atoms with Gasteiger partial charge >= 0.3 is 0 Å². The van der Waals surface area contributed by atoms with E-state index in [1.165, 1.54) is 28.4 Å². The predicted octanol–water partition coefficient (Wildman–Crippen LogP) is 3.41. The Balaban J connectivity index is 2.13. The average Bonchev–Trinajstić information content (AvgIpc) is 2.48. The van der Waals surface area contributed by atoms with Crippen LogP contribution in [0.4, 0.5) is 0 Å². The van der Waals surface area contributed by atoms with Crippen molar-refractivity contribution in [2.75, 3.05) is 6.61 Å². The average molecular weight is 388 g/mol. The molecule has 0 spiro atoms. The lowest BCUT2D eigenvalue weighted by Gasteiger charge is -2.43. The quantitative estimate of drug-likeness (QED) is 0.446. The number of nitrogens with two attached hydrogens (primary N) is 1. The summed E-state index contributed by atoms with van der Waals surface area (Å²) in [6.07, 6.45) is 6.94. The number of hydrazine groups is 1. The van der Waals surface area contributed by atoms with Crippen molar-refractivity contribution in [1.29, 1.82) is 0 Å². The summed E-state index contributed by atoms with van der Waals surface area (Å²) in [6, 6.07) is 8.86. The van der Waals surface area contributed by atoms with Crippen LogP contribution in [-0.2, 0) is 11.2 Å². The largest absolute Gasteiger partial charge is 0.374 e. The van der Waals surface area contributed by atoms with Gasteiger partial charge < -0.3 is 4.74 Å². The Morgan fingerprint density at radius 2 is 1.90 bits per heavy atom. The molecule has 1 aromatic rings. The molecule has 0 aliphatic heterocycles. The van der Waals surface area contributed by atoms with E-state index in [1.54, 1.807) is 0 Å². The van der Waals surface area contributed by atoms with Crippen molar-refractivity contribution in [2.24, 2.45) is 5.84 Å². The Morgan fingerprint density at radius 1 is 1.25 bits per heavy atom. The number of ether oxygens (including phenoxy) is 1. The van der Waals surface area contributed by atoms with Crippen LogP contribution in [0, 0.1) is 3.57 Å².